The number of nitrogens with two attached hydrogens (primary N) is 1. The highest BCUT2D eigenvalue weighted by Crippen LogP contribution is 2.29. The lowest BCUT2D eigenvalue weighted by Gasteiger charge is -2.19. The van der Waals surface area contributed by atoms with Crippen LogP contribution in [0.1, 0.15) is 44.4 Å². The summed E-state index contributed by atoms with van der Waals surface area (Å²) >= 11 is 0. The number of nitrogens with one attached hydrogen (secondary N) is 2. The fraction of sp³-hybridized carbons (Fsp3) is 0.364. The number of rotatable bonds is 11. The maximum absolute atomic E-state index is 12.0. The fourth-order valence-electron chi connectivity index (χ4n) is 2.71. The largest absolute Gasteiger partial charge is 0.494 e. The number of benzene rings is 2. The zero-order valence-electron chi connectivity index (χ0n) is 17.1. The van der Waals surface area contributed by atoms with Crippen LogP contribution in [-0.4, -0.2) is 30.1 Å². The first kappa shape index (κ1) is 22.1. The molecule has 0 bridgehead atoms. The van der Waals surface area contributed by atoms with E-state index >= 15 is 0 Å². The van der Waals surface area contributed by atoms with Crippen LogP contribution >= 0.6 is 0 Å². The second-order valence-corrected chi connectivity index (χ2v) is 7.11. The number of hydrogen-bond donors (Lipinski definition) is 4. The quantitative estimate of drug-likeness (QED) is 0.335. The van der Waals surface area contributed by atoms with Crippen molar-refractivity contribution < 1.29 is 19.4 Å². The van der Waals surface area contributed by atoms with Gasteiger partial charge in [0.2, 0.25) is 0 Å². The van der Waals surface area contributed by atoms with Crippen LogP contribution in [-0.2, 0) is 4.79 Å². The van der Waals surface area contributed by atoms with E-state index in [0.717, 1.165) is 6.42 Å². The van der Waals surface area contributed by atoms with E-state index in [9.17, 15) is 9.90 Å². The van der Waals surface area contributed by atoms with E-state index in [0.29, 0.717) is 47.4 Å². The zero-order chi connectivity index (χ0) is 21.4. The molecule has 7 heteroatoms. The summed E-state index contributed by atoms with van der Waals surface area (Å²) in [5.74, 6) is 0.577. The predicted molar refractivity (Wildman–Crippen MR) is 114 cm³/mol. The van der Waals surface area contributed by atoms with Gasteiger partial charge in [-0.25, -0.2) is 4.79 Å². The summed E-state index contributed by atoms with van der Waals surface area (Å²) in [7, 11) is 0. The Morgan fingerprint density at radius 3 is 2.28 bits per heavy atom. The Labute approximate surface area is 171 Å². The number of carboxylic acids is 1. The first-order chi connectivity index (χ1) is 13.8. The molecular weight excluding hydrogens is 370 g/mol. The highest BCUT2D eigenvalue weighted by molar-refractivity contribution is 5.95. The van der Waals surface area contributed by atoms with Crippen LogP contribution in [0.3, 0.4) is 0 Å². The van der Waals surface area contributed by atoms with Crippen molar-refractivity contribution in [1.82, 2.24) is 0 Å². The normalized spacial score (nSPS) is 11.7. The van der Waals surface area contributed by atoms with Gasteiger partial charge in [-0.3, -0.25) is 5.41 Å². The third-order valence-electron chi connectivity index (χ3n) is 4.26. The third-order valence-corrected chi connectivity index (χ3v) is 4.26. The van der Waals surface area contributed by atoms with Gasteiger partial charge >= 0.3 is 5.97 Å². The minimum atomic E-state index is -1.03. The molecule has 1 unspecified atom stereocenters. The predicted octanol–water partition coefficient (Wildman–Crippen LogP) is 4.03. The number of amidine groups is 1. The third kappa shape index (κ3) is 6.71. The van der Waals surface area contributed by atoms with Crippen LogP contribution in [0, 0.1) is 11.3 Å². The number of anilines is 1. The highest BCUT2D eigenvalue weighted by Gasteiger charge is 2.22. The van der Waals surface area contributed by atoms with E-state index in [2.05, 4.69) is 19.2 Å². The van der Waals surface area contributed by atoms with E-state index < -0.39 is 12.0 Å². The fourth-order valence-corrected chi connectivity index (χ4v) is 2.71. The number of hydrogen-bond acceptors (Lipinski definition) is 5. The average Bonchev–Trinajstić information content (AvgIpc) is 2.66. The van der Waals surface area contributed by atoms with Crippen LogP contribution in [0.25, 0.3) is 0 Å². The van der Waals surface area contributed by atoms with E-state index in [1.165, 1.54) is 0 Å². The summed E-state index contributed by atoms with van der Waals surface area (Å²) in [6.07, 6.45) is 0.900. The van der Waals surface area contributed by atoms with Gasteiger partial charge in [0, 0.05) is 17.3 Å². The molecule has 5 N–H and O–H groups in total. The summed E-state index contributed by atoms with van der Waals surface area (Å²) in [4.78, 5) is 12.0. The molecule has 156 valence electrons. The lowest BCUT2D eigenvalue weighted by atomic mass is 10.0. The van der Waals surface area contributed by atoms with E-state index in [4.69, 9.17) is 20.6 Å². The van der Waals surface area contributed by atoms with Crippen molar-refractivity contribution in [2.24, 2.45) is 11.7 Å². The molecule has 2 aromatic rings. The van der Waals surface area contributed by atoms with Gasteiger partial charge in [-0.1, -0.05) is 13.8 Å². The molecule has 2 aromatic carbocycles. The molecular formula is C22H29N3O4. The number of aliphatic carboxylic acids is 1. The molecule has 0 aliphatic carbocycles. The van der Waals surface area contributed by atoms with E-state index in [1.807, 2.05) is 6.92 Å². The van der Waals surface area contributed by atoms with Gasteiger partial charge in [0.05, 0.1) is 13.2 Å². The maximum atomic E-state index is 12.0. The second kappa shape index (κ2) is 10.4. The molecule has 0 amide bonds. The van der Waals surface area contributed by atoms with Crippen molar-refractivity contribution >= 4 is 17.5 Å². The molecule has 0 saturated carbocycles. The van der Waals surface area contributed by atoms with Gasteiger partial charge in [0.1, 0.15) is 17.3 Å². The lowest BCUT2D eigenvalue weighted by molar-refractivity contribution is -0.138. The highest BCUT2D eigenvalue weighted by atomic mass is 16.5. The molecule has 0 spiro atoms. The number of nitrogen functional groups attached to an aromatic ring is 1. The SMILES string of the molecule is CCOc1cc(OCCC(C)C)cc(C(Nc2ccc(C(=N)N)cc2)C(=O)O)c1. The van der Waals surface area contributed by atoms with Crippen LogP contribution < -0.4 is 20.5 Å². The lowest BCUT2D eigenvalue weighted by Crippen LogP contribution is -2.21. The van der Waals surface area contributed by atoms with Gasteiger partial charge in [-0.05, 0) is 61.2 Å². The number of carbonyl (C=O) groups is 1. The summed E-state index contributed by atoms with van der Waals surface area (Å²) in [5.41, 5.74) is 7.17. The van der Waals surface area contributed by atoms with Crippen molar-refractivity contribution in [3.05, 3.63) is 53.6 Å². The molecule has 0 fully saturated rings. The first-order valence-electron chi connectivity index (χ1n) is 9.64. The summed E-state index contributed by atoms with van der Waals surface area (Å²) in [6, 6.07) is 10.9. The minimum absolute atomic E-state index is 0.0426. The van der Waals surface area contributed by atoms with Crippen molar-refractivity contribution in [1.29, 1.82) is 5.41 Å². The van der Waals surface area contributed by atoms with Gasteiger partial charge in [0.25, 0.3) is 0 Å². The topological polar surface area (TPSA) is 118 Å². The Morgan fingerprint density at radius 2 is 1.76 bits per heavy atom. The Kier molecular flexibility index (Phi) is 7.88. The Bertz CT molecular complexity index is 834. The average molecular weight is 399 g/mol. The minimum Gasteiger partial charge on any atom is -0.494 e. The van der Waals surface area contributed by atoms with Crippen LogP contribution in [0.5, 0.6) is 11.5 Å². The molecule has 0 aliphatic heterocycles. The molecule has 1 atom stereocenters. The molecule has 2 rings (SSSR count). The van der Waals surface area contributed by atoms with Gasteiger partial charge in [-0.2, -0.15) is 0 Å². The molecule has 0 aliphatic rings. The van der Waals surface area contributed by atoms with Crippen LogP contribution in [0.15, 0.2) is 42.5 Å². The molecule has 0 radical (unpaired) electrons. The Morgan fingerprint density at radius 1 is 1.14 bits per heavy atom. The summed E-state index contributed by atoms with van der Waals surface area (Å²) in [5, 5.41) is 20.3. The monoisotopic (exact) mass is 399 g/mol. The Balaban J connectivity index is 2.28. The summed E-state index contributed by atoms with van der Waals surface area (Å²) in [6.45, 7) is 7.12. The van der Waals surface area contributed by atoms with Crippen molar-refractivity contribution in [2.75, 3.05) is 18.5 Å². The smallest absolute Gasteiger partial charge is 0.330 e. The molecule has 29 heavy (non-hydrogen) atoms. The molecule has 0 aromatic heterocycles. The zero-order valence-corrected chi connectivity index (χ0v) is 17.1. The van der Waals surface area contributed by atoms with Crippen LogP contribution in [0.4, 0.5) is 5.69 Å². The molecule has 0 saturated heterocycles. The Hall–Kier alpha value is -3.22. The van der Waals surface area contributed by atoms with Gasteiger partial charge in [-0.15, -0.1) is 0 Å². The van der Waals surface area contributed by atoms with Gasteiger partial charge < -0.3 is 25.6 Å². The standard InChI is InChI=1S/C22H29N3O4/c1-4-28-18-11-16(12-19(13-18)29-10-9-14(2)3)20(22(26)27)25-17-7-5-15(6-8-17)21(23)24/h5-8,11-14,20,25H,4,9-10H2,1-3H3,(H3,23,24)(H,26,27). The van der Waals surface area contributed by atoms with Gasteiger partial charge in [0.15, 0.2) is 6.04 Å². The maximum Gasteiger partial charge on any atom is 0.330 e. The van der Waals surface area contributed by atoms with Crippen LogP contribution in [0.2, 0.25) is 0 Å². The van der Waals surface area contributed by atoms with Crippen molar-refractivity contribution in [3.63, 3.8) is 0 Å². The molecule has 7 nitrogen and oxygen atoms in total. The second-order valence-electron chi connectivity index (χ2n) is 7.11. The summed E-state index contributed by atoms with van der Waals surface area (Å²) < 4.78 is 11.4. The van der Waals surface area contributed by atoms with Crippen molar-refractivity contribution in [2.45, 2.75) is 33.2 Å². The number of ether oxygens (including phenoxy) is 2. The van der Waals surface area contributed by atoms with E-state index in [1.54, 1.807) is 42.5 Å². The van der Waals surface area contributed by atoms with E-state index in [-0.39, 0.29) is 5.84 Å². The molecule has 0 heterocycles. The van der Waals surface area contributed by atoms with Crippen molar-refractivity contribution in [3.8, 4) is 11.5 Å². The number of carboxylic acid groups (broad SMARTS) is 1. The first-order valence-corrected chi connectivity index (χ1v) is 9.64.